The summed E-state index contributed by atoms with van der Waals surface area (Å²) >= 11 is 0. The van der Waals surface area contributed by atoms with Gasteiger partial charge in [0.25, 0.3) is 0 Å². The molecule has 0 aliphatic heterocycles. The molecule has 0 aromatic rings. The lowest BCUT2D eigenvalue weighted by molar-refractivity contribution is 0.760. The lowest BCUT2D eigenvalue weighted by Crippen LogP contribution is -1.73. The Hall–Kier alpha value is -1.04. The van der Waals surface area contributed by atoms with Gasteiger partial charge in [-0.25, -0.2) is 0 Å². The van der Waals surface area contributed by atoms with Crippen LogP contribution in [0.3, 0.4) is 0 Å². The van der Waals surface area contributed by atoms with Crippen molar-refractivity contribution >= 4 is 0 Å². The van der Waals surface area contributed by atoms with Gasteiger partial charge < -0.3 is 0 Å². The lowest BCUT2D eigenvalue weighted by atomic mass is 10.1. The number of hydrogen-bond donors (Lipinski definition) is 0. The molecule has 0 aromatic heterocycles. The highest BCUT2D eigenvalue weighted by Gasteiger charge is 1.83. The van der Waals surface area contributed by atoms with E-state index in [1.54, 1.807) is 0 Å². The van der Waals surface area contributed by atoms with Crippen molar-refractivity contribution in [1.29, 1.82) is 0 Å². The molecule has 0 bridgehead atoms. The second-order valence-electron chi connectivity index (χ2n) is 3.55. The van der Waals surface area contributed by atoms with Crippen LogP contribution in [-0.2, 0) is 0 Å². The molecule has 0 unspecified atom stereocenters. The van der Waals surface area contributed by atoms with Gasteiger partial charge in [0.15, 0.2) is 0 Å². The summed E-state index contributed by atoms with van der Waals surface area (Å²) in [5.74, 6) is 0. The third-order valence-electron chi connectivity index (χ3n) is 2.25. The molecule has 0 saturated carbocycles. The van der Waals surface area contributed by atoms with Gasteiger partial charge in [0.05, 0.1) is 0 Å². The Balaban J connectivity index is 2.35. The van der Waals surface area contributed by atoms with Gasteiger partial charge in [-0.3, -0.25) is 0 Å². The summed E-state index contributed by atoms with van der Waals surface area (Å²) in [5, 5.41) is 0. The molecular weight excluding hydrogens is 168 g/mol. The first-order chi connectivity index (χ1) is 7.00. The van der Waals surface area contributed by atoms with Crippen LogP contribution in [0.4, 0.5) is 0 Å². The van der Waals surface area contributed by atoms with Crippen molar-refractivity contribution in [3.05, 3.63) is 48.6 Å². The van der Waals surface area contributed by atoms with Crippen molar-refractivity contribution < 1.29 is 0 Å². The first-order valence-electron chi connectivity index (χ1n) is 5.62. The fourth-order valence-corrected chi connectivity index (χ4v) is 1.42. The normalized spacial score (nSPS) is 19.4. The molecule has 14 heavy (non-hydrogen) atoms. The molecule has 0 aromatic carbocycles. The van der Waals surface area contributed by atoms with Crippen LogP contribution in [0.5, 0.6) is 0 Å². The topological polar surface area (TPSA) is 0 Å². The molecular formula is C14H20. The maximum absolute atomic E-state index is 2.30. The largest absolute Gasteiger partial charge is 0.0882 e. The van der Waals surface area contributed by atoms with E-state index >= 15 is 0 Å². The first kappa shape index (κ1) is 11.0. The summed E-state index contributed by atoms with van der Waals surface area (Å²) in [6, 6.07) is 0. The van der Waals surface area contributed by atoms with Crippen molar-refractivity contribution in [1.82, 2.24) is 0 Å². The fraction of sp³-hybridized carbons (Fsp3) is 0.429. The molecule has 0 heterocycles. The molecule has 0 N–H and O–H groups in total. The first-order valence-corrected chi connectivity index (χ1v) is 5.62. The molecule has 0 nitrogen and oxygen atoms in total. The zero-order chi connectivity index (χ0) is 9.90. The molecule has 76 valence electrons. The predicted molar refractivity (Wildman–Crippen MR) is 64.3 cm³/mol. The predicted octanol–water partition coefficient (Wildman–Crippen LogP) is 4.57. The zero-order valence-electron chi connectivity index (χ0n) is 8.86. The maximum atomic E-state index is 2.30. The molecule has 1 aliphatic rings. The quantitative estimate of drug-likeness (QED) is 0.489. The Labute approximate surface area is 87.7 Å². The molecule has 0 fully saturated rings. The van der Waals surface area contributed by atoms with Gasteiger partial charge in [0.1, 0.15) is 0 Å². The highest BCUT2D eigenvalue weighted by atomic mass is 13.9. The van der Waals surface area contributed by atoms with Gasteiger partial charge in [-0.2, -0.15) is 0 Å². The van der Waals surface area contributed by atoms with Gasteiger partial charge in [0, 0.05) is 0 Å². The average molecular weight is 188 g/mol. The smallest absolute Gasteiger partial charge is 0.0166 e. The fourth-order valence-electron chi connectivity index (χ4n) is 1.42. The van der Waals surface area contributed by atoms with E-state index < -0.39 is 0 Å². The Kier molecular flexibility index (Phi) is 6.74. The molecule has 0 atom stereocenters. The molecule has 0 amide bonds. The lowest BCUT2D eigenvalue weighted by Gasteiger charge is -1.93. The van der Waals surface area contributed by atoms with E-state index in [0.717, 1.165) is 12.8 Å². The zero-order valence-corrected chi connectivity index (χ0v) is 8.86. The van der Waals surface area contributed by atoms with Crippen molar-refractivity contribution in [3.8, 4) is 0 Å². The molecule has 0 spiro atoms. The minimum absolute atomic E-state index is 1.07. The van der Waals surface area contributed by atoms with E-state index in [9.17, 15) is 0 Å². The van der Waals surface area contributed by atoms with E-state index in [2.05, 4.69) is 48.6 Å². The SMILES string of the molecule is C1=CCC=CCCCCC=CCC=C1. The van der Waals surface area contributed by atoms with Gasteiger partial charge in [-0.05, 0) is 38.5 Å². The van der Waals surface area contributed by atoms with E-state index in [1.165, 1.54) is 25.7 Å². The van der Waals surface area contributed by atoms with Gasteiger partial charge in [0.2, 0.25) is 0 Å². The van der Waals surface area contributed by atoms with Crippen LogP contribution in [0.25, 0.3) is 0 Å². The van der Waals surface area contributed by atoms with Gasteiger partial charge >= 0.3 is 0 Å². The number of hydrogen-bond acceptors (Lipinski definition) is 0. The standard InChI is InChI=1S/C14H20/c1-2-4-6-8-10-12-14-13-11-9-7-5-3-1/h1-4,7-10H,5-6,11-14H2. The summed E-state index contributed by atoms with van der Waals surface area (Å²) in [6.45, 7) is 0. The third-order valence-corrected chi connectivity index (χ3v) is 2.25. The van der Waals surface area contributed by atoms with Crippen LogP contribution in [0.15, 0.2) is 48.6 Å². The van der Waals surface area contributed by atoms with Crippen LogP contribution in [0.1, 0.15) is 38.5 Å². The Morgan fingerprint density at radius 2 is 1.00 bits per heavy atom. The van der Waals surface area contributed by atoms with Gasteiger partial charge in [-0.15, -0.1) is 0 Å². The summed E-state index contributed by atoms with van der Waals surface area (Å²) in [4.78, 5) is 0. The van der Waals surface area contributed by atoms with Crippen LogP contribution in [0.2, 0.25) is 0 Å². The Morgan fingerprint density at radius 3 is 1.50 bits per heavy atom. The number of allylic oxidation sites excluding steroid dienone is 8. The molecule has 0 radical (unpaired) electrons. The highest BCUT2D eigenvalue weighted by molar-refractivity contribution is 5.06. The third kappa shape index (κ3) is 6.47. The Bertz CT molecular complexity index is 202. The van der Waals surface area contributed by atoms with Crippen LogP contribution in [0, 0.1) is 0 Å². The van der Waals surface area contributed by atoms with E-state index in [-0.39, 0.29) is 0 Å². The van der Waals surface area contributed by atoms with Crippen LogP contribution >= 0.6 is 0 Å². The van der Waals surface area contributed by atoms with E-state index in [0.29, 0.717) is 0 Å². The highest BCUT2D eigenvalue weighted by Crippen LogP contribution is 2.03. The molecule has 0 heteroatoms. The van der Waals surface area contributed by atoms with Crippen molar-refractivity contribution in [2.24, 2.45) is 0 Å². The second kappa shape index (κ2) is 8.55. The summed E-state index contributed by atoms with van der Waals surface area (Å²) in [6.07, 6.45) is 25.0. The Morgan fingerprint density at radius 1 is 0.500 bits per heavy atom. The van der Waals surface area contributed by atoms with Gasteiger partial charge in [-0.1, -0.05) is 48.6 Å². The molecule has 1 aliphatic carbocycles. The average Bonchev–Trinajstić information content (AvgIpc) is 2.22. The van der Waals surface area contributed by atoms with E-state index in [4.69, 9.17) is 0 Å². The number of rotatable bonds is 0. The second-order valence-corrected chi connectivity index (χ2v) is 3.55. The maximum Gasteiger partial charge on any atom is -0.0166 e. The van der Waals surface area contributed by atoms with Crippen molar-refractivity contribution in [2.45, 2.75) is 38.5 Å². The van der Waals surface area contributed by atoms with Crippen molar-refractivity contribution in [2.75, 3.05) is 0 Å². The molecule has 1 rings (SSSR count). The minimum Gasteiger partial charge on any atom is -0.0882 e. The van der Waals surface area contributed by atoms with E-state index in [1.807, 2.05) is 0 Å². The van der Waals surface area contributed by atoms with Crippen molar-refractivity contribution in [3.63, 3.8) is 0 Å². The summed E-state index contributed by atoms with van der Waals surface area (Å²) < 4.78 is 0. The molecule has 0 saturated heterocycles. The summed E-state index contributed by atoms with van der Waals surface area (Å²) in [5.41, 5.74) is 0. The monoisotopic (exact) mass is 188 g/mol. The summed E-state index contributed by atoms with van der Waals surface area (Å²) in [7, 11) is 0. The van der Waals surface area contributed by atoms with Crippen LogP contribution in [-0.4, -0.2) is 0 Å². The minimum atomic E-state index is 1.07. The van der Waals surface area contributed by atoms with Crippen LogP contribution < -0.4 is 0 Å².